The van der Waals surface area contributed by atoms with E-state index in [0.717, 1.165) is 12.8 Å². The van der Waals surface area contributed by atoms with Gasteiger partial charge in [-0.3, -0.25) is 4.90 Å². The van der Waals surface area contributed by atoms with Gasteiger partial charge >= 0.3 is 0 Å². The second kappa shape index (κ2) is 10.0. The number of rotatable bonds is 8. The smallest absolute Gasteiger partial charge is 0.264 e. The van der Waals surface area contributed by atoms with Crippen LogP contribution in [0.1, 0.15) is 37.4 Å². The van der Waals surface area contributed by atoms with Gasteiger partial charge < -0.3 is 20.6 Å². The van der Waals surface area contributed by atoms with Gasteiger partial charge in [0.1, 0.15) is 6.07 Å². The second-order valence-corrected chi connectivity index (χ2v) is 9.54. The van der Waals surface area contributed by atoms with E-state index in [-0.39, 0.29) is 34.0 Å². The highest BCUT2D eigenvalue weighted by atomic mass is 35.5. The van der Waals surface area contributed by atoms with Crippen molar-refractivity contribution in [2.45, 2.75) is 38.3 Å². The number of nitrogens with zero attached hydrogens (tertiary/aromatic N) is 7. The number of imidazole rings is 1. The van der Waals surface area contributed by atoms with Crippen LogP contribution in [0.25, 0.3) is 5.65 Å². The standard InChI is InChI=1S/C23H26ClF2N9O/c1-13(36)12-33-4-6-34(7-5-33)18-9-14(20(25)26)8-17(19(18)24)30-23-31-21(29-15-2-3-15)22-28-11-16(10-27)35(22)32-23/h8-9,11,13,15,20,36H,2-7,12H2,1H3,(H2,29,30,31,32). The summed E-state index contributed by atoms with van der Waals surface area (Å²) in [4.78, 5) is 12.8. The van der Waals surface area contributed by atoms with Crippen LogP contribution in [-0.4, -0.2) is 74.5 Å². The minimum atomic E-state index is -2.70. The molecule has 36 heavy (non-hydrogen) atoms. The van der Waals surface area contributed by atoms with Crippen LogP contribution in [0.4, 0.5) is 31.9 Å². The number of aliphatic hydroxyl groups is 1. The van der Waals surface area contributed by atoms with Gasteiger partial charge in [0.2, 0.25) is 5.95 Å². The number of halogens is 3. The Morgan fingerprint density at radius 3 is 2.64 bits per heavy atom. The van der Waals surface area contributed by atoms with Crippen molar-refractivity contribution in [1.82, 2.24) is 24.5 Å². The van der Waals surface area contributed by atoms with Gasteiger partial charge in [-0.2, -0.15) is 14.8 Å². The molecule has 190 valence electrons. The van der Waals surface area contributed by atoms with Crippen molar-refractivity contribution in [2.75, 3.05) is 48.3 Å². The van der Waals surface area contributed by atoms with Crippen LogP contribution in [0, 0.1) is 11.3 Å². The fourth-order valence-corrected chi connectivity index (χ4v) is 4.55. The summed E-state index contributed by atoms with van der Waals surface area (Å²) in [6.07, 6.45) is 0.270. The molecule has 1 saturated carbocycles. The average molecular weight is 518 g/mol. The van der Waals surface area contributed by atoms with E-state index in [1.807, 2.05) is 11.0 Å². The minimum absolute atomic E-state index is 0.0983. The van der Waals surface area contributed by atoms with Crippen LogP contribution in [0.15, 0.2) is 18.3 Å². The lowest BCUT2D eigenvalue weighted by Crippen LogP contribution is -2.48. The van der Waals surface area contributed by atoms with Gasteiger partial charge in [0.15, 0.2) is 17.2 Å². The maximum Gasteiger partial charge on any atom is 0.264 e. The summed E-state index contributed by atoms with van der Waals surface area (Å²) in [6, 6.07) is 5.02. The predicted octanol–water partition coefficient (Wildman–Crippen LogP) is 3.41. The van der Waals surface area contributed by atoms with Crippen molar-refractivity contribution in [3.8, 4) is 6.07 Å². The van der Waals surface area contributed by atoms with E-state index in [4.69, 9.17) is 11.6 Å². The molecule has 2 aliphatic rings. The molecule has 2 aromatic heterocycles. The molecule has 0 radical (unpaired) electrons. The van der Waals surface area contributed by atoms with E-state index in [1.54, 1.807) is 6.92 Å². The number of alkyl halides is 2. The first-order valence-electron chi connectivity index (χ1n) is 11.8. The number of nitriles is 1. The van der Waals surface area contributed by atoms with E-state index in [9.17, 15) is 19.1 Å². The Balaban J connectivity index is 1.47. The third kappa shape index (κ3) is 5.13. The van der Waals surface area contributed by atoms with Crippen molar-refractivity contribution < 1.29 is 13.9 Å². The van der Waals surface area contributed by atoms with Gasteiger partial charge in [0.25, 0.3) is 6.43 Å². The summed E-state index contributed by atoms with van der Waals surface area (Å²) in [5, 5.41) is 30.0. The molecule has 1 saturated heterocycles. The van der Waals surface area contributed by atoms with Gasteiger partial charge in [-0.25, -0.2) is 13.8 Å². The minimum Gasteiger partial charge on any atom is -0.392 e. The van der Waals surface area contributed by atoms with Crippen LogP contribution in [0.5, 0.6) is 0 Å². The molecule has 5 rings (SSSR count). The first-order chi connectivity index (χ1) is 17.3. The molecule has 0 bridgehead atoms. The first-order valence-corrected chi connectivity index (χ1v) is 12.2. The molecule has 10 nitrogen and oxygen atoms in total. The van der Waals surface area contributed by atoms with E-state index in [0.29, 0.717) is 49.9 Å². The number of piperazine rings is 1. The van der Waals surface area contributed by atoms with Gasteiger partial charge in [-0.05, 0) is 31.9 Å². The number of β-amino-alcohol motifs (C(OH)–C–C–N with tert-alkyl or cyclic N) is 1. The average Bonchev–Trinajstić information content (AvgIpc) is 3.56. The summed E-state index contributed by atoms with van der Waals surface area (Å²) in [6.45, 7) is 4.81. The zero-order valence-electron chi connectivity index (χ0n) is 19.6. The maximum absolute atomic E-state index is 13.8. The number of aromatic nitrogens is 4. The fourth-order valence-electron chi connectivity index (χ4n) is 4.27. The number of hydrogen-bond donors (Lipinski definition) is 3. The van der Waals surface area contributed by atoms with Crippen LogP contribution in [0.3, 0.4) is 0 Å². The zero-order valence-corrected chi connectivity index (χ0v) is 20.4. The molecule has 1 aliphatic heterocycles. The lowest BCUT2D eigenvalue weighted by Gasteiger charge is -2.37. The Kier molecular flexibility index (Phi) is 6.79. The molecule has 3 N–H and O–H groups in total. The normalized spacial score (nSPS) is 17.4. The molecule has 3 heterocycles. The third-order valence-corrected chi connectivity index (χ3v) is 6.60. The molecule has 1 aromatic carbocycles. The third-order valence-electron chi connectivity index (χ3n) is 6.20. The molecule has 3 aromatic rings. The van der Waals surface area contributed by atoms with Crippen LogP contribution >= 0.6 is 11.6 Å². The molecule has 13 heteroatoms. The highest BCUT2D eigenvalue weighted by molar-refractivity contribution is 6.36. The number of benzene rings is 1. The molecule has 1 aliphatic carbocycles. The summed E-state index contributed by atoms with van der Waals surface area (Å²) in [7, 11) is 0. The van der Waals surface area contributed by atoms with E-state index in [2.05, 4.69) is 30.6 Å². The molecular weight excluding hydrogens is 492 g/mol. The molecule has 2 fully saturated rings. The van der Waals surface area contributed by atoms with Crippen LogP contribution < -0.4 is 15.5 Å². The quantitative estimate of drug-likeness (QED) is 0.413. The Labute approximate surface area is 211 Å². The van der Waals surface area contributed by atoms with Crippen molar-refractivity contribution in [3.63, 3.8) is 0 Å². The van der Waals surface area contributed by atoms with Gasteiger partial charge in [-0.1, -0.05) is 11.6 Å². The van der Waals surface area contributed by atoms with Gasteiger partial charge in [0.05, 0.1) is 28.7 Å². The number of aliphatic hydroxyl groups excluding tert-OH is 1. The molecule has 1 atom stereocenters. The summed E-state index contributed by atoms with van der Waals surface area (Å²) in [5.41, 5.74) is 1.18. The SMILES string of the molecule is CC(O)CN1CCN(c2cc(C(F)F)cc(Nc3nc(NC4CC4)c4ncc(C#N)n4n3)c2Cl)CC1. The number of nitrogens with one attached hydrogen (secondary N) is 2. The Morgan fingerprint density at radius 2 is 2.00 bits per heavy atom. The first kappa shape index (κ1) is 24.4. The lowest BCUT2D eigenvalue weighted by atomic mass is 10.1. The summed E-state index contributed by atoms with van der Waals surface area (Å²) >= 11 is 6.73. The molecular formula is C23H26ClF2N9O. The maximum atomic E-state index is 13.8. The van der Waals surface area contributed by atoms with Crippen molar-refractivity contribution >= 4 is 40.4 Å². The lowest BCUT2D eigenvalue weighted by molar-refractivity contribution is 0.122. The Morgan fingerprint density at radius 1 is 1.25 bits per heavy atom. The Bertz CT molecular complexity index is 1300. The van der Waals surface area contributed by atoms with Crippen molar-refractivity contribution in [1.29, 1.82) is 5.26 Å². The van der Waals surface area contributed by atoms with E-state index in [1.165, 1.54) is 22.8 Å². The van der Waals surface area contributed by atoms with Crippen molar-refractivity contribution in [2.24, 2.45) is 0 Å². The van der Waals surface area contributed by atoms with Crippen LogP contribution in [0.2, 0.25) is 5.02 Å². The van der Waals surface area contributed by atoms with E-state index < -0.39 is 12.5 Å². The fraction of sp³-hybridized carbons (Fsp3) is 0.478. The number of hydrogen-bond acceptors (Lipinski definition) is 9. The van der Waals surface area contributed by atoms with Gasteiger partial charge in [0, 0.05) is 44.3 Å². The molecule has 0 spiro atoms. The number of fused-ring (bicyclic) bond motifs is 1. The highest BCUT2D eigenvalue weighted by Crippen LogP contribution is 2.39. The number of anilines is 4. The monoisotopic (exact) mass is 517 g/mol. The summed E-state index contributed by atoms with van der Waals surface area (Å²) < 4.78 is 29.0. The molecule has 1 unspecified atom stereocenters. The topological polar surface area (TPSA) is 118 Å². The predicted molar refractivity (Wildman–Crippen MR) is 132 cm³/mol. The second-order valence-electron chi connectivity index (χ2n) is 9.16. The largest absolute Gasteiger partial charge is 0.392 e. The van der Waals surface area contributed by atoms with Crippen molar-refractivity contribution in [3.05, 3.63) is 34.6 Å². The Hall–Kier alpha value is -3.27. The highest BCUT2D eigenvalue weighted by Gasteiger charge is 2.26. The molecule has 0 amide bonds. The summed E-state index contributed by atoms with van der Waals surface area (Å²) in [5.74, 6) is 0.549. The van der Waals surface area contributed by atoms with E-state index >= 15 is 0 Å². The van der Waals surface area contributed by atoms with Gasteiger partial charge in [-0.15, -0.1) is 5.10 Å². The van der Waals surface area contributed by atoms with Crippen LogP contribution in [-0.2, 0) is 0 Å². The zero-order chi connectivity index (χ0) is 25.4.